The number of nitrogen functional groups attached to an aromatic ring is 1. The molecule has 0 aromatic carbocycles. The van der Waals surface area contributed by atoms with Gasteiger partial charge in [-0.2, -0.15) is 0 Å². The SMILES string of the molecule is Cc1ccc(CN2CCN(c3cc(N)c(Cl)cn3)[C@@H](C)C2)s1. The lowest BCUT2D eigenvalue weighted by atomic mass is 10.2. The van der Waals surface area contributed by atoms with Crippen molar-refractivity contribution in [2.75, 3.05) is 30.3 Å². The van der Waals surface area contributed by atoms with E-state index in [1.165, 1.54) is 9.75 Å². The summed E-state index contributed by atoms with van der Waals surface area (Å²) in [5.74, 6) is 0.918. The summed E-state index contributed by atoms with van der Waals surface area (Å²) in [6.45, 7) is 8.45. The van der Waals surface area contributed by atoms with Crippen LogP contribution in [0.15, 0.2) is 24.4 Å². The van der Waals surface area contributed by atoms with E-state index in [1.807, 2.05) is 17.4 Å². The fraction of sp³-hybridized carbons (Fsp3) is 0.438. The van der Waals surface area contributed by atoms with Crippen molar-refractivity contribution in [2.45, 2.75) is 26.4 Å². The first-order valence-electron chi connectivity index (χ1n) is 7.48. The molecule has 1 saturated heterocycles. The van der Waals surface area contributed by atoms with Gasteiger partial charge >= 0.3 is 0 Å². The molecule has 2 N–H and O–H groups in total. The van der Waals surface area contributed by atoms with E-state index in [0.29, 0.717) is 16.8 Å². The van der Waals surface area contributed by atoms with E-state index in [-0.39, 0.29) is 0 Å². The van der Waals surface area contributed by atoms with Crippen LogP contribution in [0.5, 0.6) is 0 Å². The molecule has 1 atom stereocenters. The molecule has 1 aliphatic heterocycles. The zero-order chi connectivity index (χ0) is 15.7. The van der Waals surface area contributed by atoms with Gasteiger partial charge in [0.1, 0.15) is 5.82 Å². The number of anilines is 2. The normalized spacial score (nSPS) is 19.6. The Morgan fingerprint density at radius 1 is 1.41 bits per heavy atom. The Labute approximate surface area is 140 Å². The van der Waals surface area contributed by atoms with Gasteiger partial charge in [-0.3, -0.25) is 4.90 Å². The highest BCUT2D eigenvalue weighted by atomic mass is 35.5. The first kappa shape index (κ1) is 15.6. The highest BCUT2D eigenvalue weighted by molar-refractivity contribution is 7.11. The number of hydrogen-bond donors (Lipinski definition) is 1. The van der Waals surface area contributed by atoms with Gasteiger partial charge in [0.25, 0.3) is 0 Å². The smallest absolute Gasteiger partial charge is 0.130 e. The predicted octanol–water partition coefficient (Wildman–Crippen LogP) is 3.40. The molecule has 1 aliphatic rings. The van der Waals surface area contributed by atoms with Crippen LogP contribution in [0.3, 0.4) is 0 Å². The molecule has 0 radical (unpaired) electrons. The number of halogens is 1. The molecule has 0 aliphatic carbocycles. The highest BCUT2D eigenvalue weighted by Crippen LogP contribution is 2.26. The number of hydrogen-bond acceptors (Lipinski definition) is 5. The Hall–Kier alpha value is -1.30. The molecular weight excluding hydrogens is 316 g/mol. The van der Waals surface area contributed by atoms with E-state index in [9.17, 15) is 0 Å². The number of nitrogens with zero attached hydrogens (tertiary/aromatic N) is 3. The quantitative estimate of drug-likeness (QED) is 0.933. The van der Waals surface area contributed by atoms with E-state index in [2.05, 4.69) is 40.8 Å². The standard InChI is InChI=1S/C16H21ClN4S/c1-11-9-20(10-13-4-3-12(2)22-13)5-6-21(11)16-7-15(18)14(17)8-19-16/h3-4,7-8,11H,5-6,9-10H2,1-2H3,(H2,18,19)/t11-/m0/s1. The molecule has 1 fully saturated rings. The van der Waals surface area contributed by atoms with E-state index < -0.39 is 0 Å². The lowest BCUT2D eigenvalue weighted by Crippen LogP contribution is -2.51. The molecule has 2 aromatic heterocycles. The third kappa shape index (κ3) is 3.37. The summed E-state index contributed by atoms with van der Waals surface area (Å²) >= 11 is 7.84. The molecule has 4 nitrogen and oxygen atoms in total. The minimum Gasteiger partial charge on any atom is -0.397 e. The number of rotatable bonds is 3. The van der Waals surface area contributed by atoms with Crippen LogP contribution in [0.4, 0.5) is 11.5 Å². The van der Waals surface area contributed by atoms with Crippen LogP contribution in [0.2, 0.25) is 5.02 Å². The van der Waals surface area contributed by atoms with E-state index in [4.69, 9.17) is 17.3 Å². The Kier molecular flexibility index (Phi) is 4.57. The van der Waals surface area contributed by atoms with Gasteiger partial charge in [0.05, 0.1) is 10.7 Å². The van der Waals surface area contributed by atoms with Crippen molar-refractivity contribution >= 4 is 34.4 Å². The van der Waals surface area contributed by atoms with E-state index in [1.54, 1.807) is 6.20 Å². The van der Waals surface area contributed by atoms with Crippen molar-refractivity contribution < 1.29 is 0 Å². The van der Waals surface area contributed by atoms with Crippen molar-refractivity contribution in [3.8, 4) is 0 Å². The molecule has 0 unspecified atom stereocenters. The molecule has 3 rings (SSSR count). The molecule has 3 heterocycles. The summed E-state index contributed by atoms with van der Waals surface area (Å²) in [7, 11) is 0. The maximum atomic E-state index is 5.96. The summed E-state index contributed by atoms with van der Waals surface area (Å²) in [4.78, 5) is 12.1. The minimum atomic E-state index is 0.405. The van der Waals surface area contributed by atoms with Crippen molar-refractivity contribution in [2.24, 2.45) is 0 Å². The number of thiophene rings is 1. The van der Waals surface area contributed by atoms with Gasteiger partial charge < -0.3 is 10.6 Å². The summed E-state index contributed by atoms with van der Waals surface area (Å²) in [5.41, 5.74) is 6.49. The van der Waals surface area contributed by atoms with Crippen molar-refractivity contribution in [1.82, 2.24) is 9.88 Å². The third-order valence-corrected chi connectivity index (χ3v) is 5.35. The van der Waals surface area contributed by atoms with Crippen molar-refractivity contribution in [3.63, 3.8) is 0 Å². The molecule has 6 heteroatoms. The zero-order valence-corrected chi connectivity index (χ0v) is 14.5. The Morgan fingerprint density at radius 2 is 2.23 bits per heavy atom. The highest BCUT2D eigenvalue weighted by Gasteiger charge is 2.25. The number of aromatic nitrogens is 1. The second-order valence-corrected chi connectivity index (χ2v) is 7.63. The Balaban J connectivity index is 1.65. The van der Waals surface area contributed by atoms with Gasteiger partial charge in [-0.1, -0.05) is 11.6 Å². The predicted molar refractivity (Wildman–Crippen MR) is 94.8 cm³/mol. The maximum absolute atomic E-state index is 5.96. The summed E-state index contributed by atoms with van der Waals surface area (Å²) < 4.78 is 0. The molecule has 0 bridgehead atoms. The summed E-state index contributed by atoms with van der Waals surface area (Å²) in [6, 6.07) is 6.71. The van der Waals surface area contributed by atoms with Crippen LogP contribution in [0.25, 0.3) is 0 Å². The average molecular weight is 337 g/mol. The van der Waals surface area contributed by atoms with Crippen molar-refractivity contribution in [3.05, 3.63) is 39.2 Å². The third-order valence-electron chi connectivity index (χ3n) is 4.05. The largest absolute Gasteiger partial charge is 0.397 e. The summed E-state index contributed by atoms with van der Waals surface area (Å²) in [5, 5.41) is 0.517. The maximum Gasteiger partial charge on any atom is 0.130 e. The van der Waals surface area contributed by atoms with Crippen LogP contribution in [-0.4, -0.2) is 35.6 Å². The van der Waals surface area contributed by atoms with Crippen LogP contribution < -0.4 is 10.6 Å². The van der Waals surface area contributed by atoms with E-state index in [0.717, 1.165) is 32.0 Å². The van der Waals surface area contributed by atoms with Gasteiger partial charge in [0.15, 0.2) is 0 Å². The summed E-state index contributed by atoms with van der Waals surface area (Å²) in [6.07, 6.45) is 1.64. The Bertz CT molecular complexity index is 657. The first-order valence-corrected chi connectivity index (χ1v) is 8.67. The molecule has 0 amide bonds. The van der Waals surface area contributed by atoms with Gasteiger partial charge in [-0.25, -0.2) is 4.98 Å². The Morgan fingerprint density at radius 3 is 2.86 bits per heavy atom. The lowest BCUT2D eigenvalue weighted by molar-refractivity contribution is 0.222. The fourth-order valence-electron chi connectivity index (χ4n) is 2.91. The van der Waals surface area contributed by atoms with Crippen LogP contribution in [0, 0.1) is 6.92 Å². The minimum absolute atomic E-state index is 0.405. The average Bonchev–Trinajstić information content (AvgIpc) is 2.87. The van der Waals surface area contributed by atoms with Crippen LogP contribution >= 0.6 is 22.9 Å². The molecular formula is C16H21ClN4S. The molecule has 0 saturated carbocycles. The number of aryl methyl sites for hydroxylation is 1. The molecule has 118 valence electrons. The van der Waals surface area contributed by atoms with E-state index >= 15 is 0 Å². The second kappa shape index (κ2) is 6.44. The van der Waals surface area contributed by atoms with Crippen LogP contribution in [0.1, 0.15) is 16.7 Å². The van der Waals surface area contributed by atoms with Gasteiger partial charge in [0.2, 0.25) is 0 Å². The van der Waals surface area contributed by atoms with Gasteiger partial charge in [-0.15, -0.1) is 11.3 Å². The molecule has 2 aromatic rings. The van der Waals surface area contributed by atoms with Gasteiger partial charge in [0, 0.05) is 54.2 Å². The number of pyridine rings is 1. The molecule has 0 spiro atoms. The monoisotopic (exact) mass is 336 g/mol. The second-order valence-electron chi connectivity index (χ2n) is 5.85. The number of nitrogens with two attached hydrogens (primary N) is 1. The van der Waals surface area contributed by atoms with Crippen molar-refractivity contribution in [1.29, 1.82) is 0 Å². The topological polar surface area (TPSA) is 45.4 Å². The van der Waals surface area contributed by atoms with Crippen LogP contribution in [-0.2, 0) is 6.54 Å². The lowest BCUT2D eigenvalue weighted by Gasteiger charge is -2.40. The number of piperazine rings is 1. The first-order chi connectivity index (χ1) is 10.5. The zero-order valence-electron chi connectivity index (χ0n) is 12.9. The van der Waals surface area contributed by atoms with Gasteiger partial charge in [-0.05, 0) is 26.0 Å². The fourth-order valence-corrected chi connectivity index (χ4v) is 3.94. The molecule has 22 heavy (non-hydrogen) atoms.